The first-order valence-corrected chi connectivity index (χ1v) is 9.42. The maximum Gasteiger partial charge on any atom is 0.408 e. The monoisotopic (exact) mass is 431 g/mol. The number of aliphatic hydroxyl groups excluding tert-OH is 1. The van der Waals surface area contributed by atoms with Gasteiger partial charge in [-0.05, 0) is 11.1 Å². The number of benzene rings is 1. The molecule has 0 radical (unpaired) electrons. The largest absolute Gasteiger partial charge is 0.481 e. The van der Waals surface area contributed by atoms with Crippen LogP contribution in [0.5, 0.6) is 5.88 Å². The number of amides is 2. The van der Waals surface area contributed by atoms with Crippen molar-refractivity contribution in [3.05, 3.63) is 59.8 Å². The predicted molar refractivity (Wildman–Crippen MR) is 109 cm³/mol. The van der Waals surface area contributed by atoms with Gasteiger partial charge in [0.05, 0.1) is 20.8 Å². The maximum absolute atomic E-state index is 12.5. The fraction of sp³-hybridized carbons (Fsp3) is 0.333. The molecule has 0 saturated heterocycles. The Bertz CT molecular complexity index is 859. The van der Waals surface area contributed by atoms with Crippen LogP contribution in [-0.2, 0) is 32.1 Å². The van der Waals surface area contributed by atoms with Crippen molar-refractivity contribution >= 4 is 18.0 Å². The van der Waals surface area contributed by atoms with Crippen molar-refractivity contribution in [2.45, 2.75) is 25.1 Å². The van der Waals surface area contributed by atoms with E-state index in [-0.39, 0.29) is 13.0 Å². The van der Waals surface area contributed by atoms with E-state index in [2.05, 4.69) is 15.6 Å². The SMILES string of the molecule is COC(=O)[C@@H](Cc1ccc(OC)nc1)NC(=O)[C@H](CO)NC(=O)OCc1ccccc1. The van der Waals surface area contributed by atoms with Gasteiger partial charge in [-0.3, -0.25) is 4.79 Å². The second-order valence-corrected chi connectivity index (χ2v) is 6.44. The van der Waals surface area contributed by atoms with Crippen molar-refractivity contribution in [2.75, 3.05) is 20.8 Å². The van der Waals surface area contributed by atoms with Crippen LogP contribution >= 0.6 is 0 Å². The number of rotatable bonds is 10. The number of aliphatic hydroxyl groups is 1. The molecular formula is C21H25N3O7. The third-order valence-electron chi connectivity index (χ3n) is 4.25. The molecule has 0 fully saturated rings. The number of alkyl carbamates (subject to hydrolysis) is 1. The molecule has 0 aliphatic carbocycles. The molecule has 0 aliphatic rings. The normalized spacial score (nSPS) is 12.2. The van der Waals surface area contributed by atoms with Crippen LogP contribution in [0.15, 0.2) is 48.7 Å². The molecule has 0 aliphatic heterocycles. The summed E-state index contributed by atoms with van der Waals surface area (Å²) in [5, 5.41) is 14.3. The molecule has 31 heavy (non-hydrogen) atoms. The van der Waals surface area contributed by atoms with Crippen LogP contribution in [0.3, 0.4) is 0 Å². The van der Waals surface area contributed by atoms with E-state index in [0.717, 1.165) is 5.56 Å². The second-order valence-electron chi connectivity index (χ2n) is 6.44. The molecule has 2 amide bonds. The highest BCUT2D eigenvalue weighted by Crippen LogP contribution is 2.10. The average molecular weight is 431 g/mol. The lowest BCUT2D eigenvalue weighted by Gasteiger charge is -2.21. The molecule has 1 aromatic heterocycles. The molecule has 166 valence electrons. The van der Waals surface area contributed by atoms with Crippen LogP contribution < -0.4 is 15.4 Å². The highest BCUT2D eigenvalue weighted by Gasteiger charge is 2.27. The van der Waals surface area contributed by atoms with E-state index < -0.39 is 36.7 Å². The van der Waals surface area contributed by atoms with Gasteiger partial charge in [0.15, 0.2) is 0 Å². The standard InChI is InChI=1S/C21H25N3O7/c1-29-18-9-8-15(11-22-18)10-16(20(27)30-2)23-19(26)17(12-25)24-21(28)31-13-14-6-4-3-5-7-14/h3-9,11,16-17,25H,10,12-13H2,1-2H3,(H,23,26)(H,24,28)/t16-,17+/m1/s1. The van der Waals surface area contributed by atoms with E-state index in [9.17, 15) is 19.5 Å². The first-order chi connectivity index (χ1) is 15.0. The Hall–Kier alpha value is -3.66. The number of hydrogen-bond acceptors (Lipinski definition) is 8. The molecule has 2 aromatic rings. The lowest BCUT2D eigenvalue weighted by molar-refractivity contribution is -0.145. The van der Waals surface area contributed by atoms with Crippen LogP contribution in [0, 0.1) is 0 Å². The minimum atomic E-state index is -1.32. The molecule has 3 N–H and O–H groups in total. The topological polar surface area (TPSA) is 136 Å². The Balaban J connectivity index is 1.95. The minimum Gasteiger partial charge on any atom is -0.481 e. The number of pyridine rings is 1. The number of carbonyl (C=O) groups excluding carboxylic acids is 3. The molecule has 2 rings (SSSR count). The summed E-state index contributed by atoms with van der Waals surface area (Å²) in [5.74, 6) is -1.05. The minimum absolute atomic E-state index is 0.00168. The summed E-state index contributed by atoms with van der Waals surface area (Å²) in [6, 6.07) is 9.92. The van der Waals surface area contributed by atoms with Crippen LogP contribution in [0.2, 0.25) is 0 Å². The number of hydrogen-bond donors (Lipinski definition) is 3. The first kappa shape index (κ1) is 23.6. The van der Waals surface area contributed by atoms with Crippen molar-refractivity contribution < 1.29 is 33.7 Å². The smallest absolute Gasteiger partial charge is 0.408 e. The first-order valence-electron chi connectivity index (χ1n) is 9.42. The predicted octanol–water partition coefficient (Wildman–Crippen LogP) is 0.578. The van der Waals surface area contributed by atoms with E-state index in [1.807, 2.05) is 6.07 Å². The number of ether oxygens (including phenoxy) is 3. The number of methoxy groups -OCH3 is 2. The van der Waals surface area contributed by atoms with Crippen molar-refractivity contribution in [1.29, 1.82) is 0 Å². The Morgan fingerprint density at radius 2 is 1.74 bits per heavy atom. The number of nitrogens with one attached hydrogen (secondary N) is 2. The quantitative estimate of drug-likeness (QED) is 0.465. The summed E-state index contributed by atoms with van der Waals surface area (Å²) in [5.41, 5.74) is 1.41. The Labute approximate surface area is 179 Å². The van der Waals surface area contributed by atoms with Crippen molar-refractivity contribution in [3.63, 3.8) is 0 Å². The highest BCUT2D eigenvalue weighted by atomic mass is 16.5. The van der Waals surface area contributed by atoms with Crippen molar-refractivity contribution in [3.8, 4) is 5.88 Å². The number of esters is 1. The molecule has 0 unspecified atom stereocenters. The van der Waals surface area contributed by atoms with Crippen molar-refractivity contribution in [1.82, 2.24) is 15.6 Å². The molecule has 1 heterocycles. The molecule has 0 saturated carbocycles. The van der Waals surface area contributed by atoms with E-state index in [0.29, 0.717) is 11.4 Å². The van der Waals surface area contributed by atoms with Gasteiger partial charge in [0.25, 0.3) is 0 Å². The maximum atomic E-state index is 12.5. The highest BCUT2D eigenvalue weighted by molar-refractivity contribution is 5.89. The fourth-order valence-electron chi connectivity index (χ4n) is 2.60. The van der Waals surface area contributed by atoms with E-state index >= 15 is 0 Å². The van der Waals surface area contributed by atoms with Crippen LogP contribution in [0.4, 0.5) is 4.79 Å². The molecule has 10 nitrogen and oxygen atoms in total. The number of aromatic nitrogens is 1. The Morgan fingerprint density at radius 1 is 1.00 bits per heavy atom. The van der Waals surface area contributed by atoms with Gasteiger partial charge in [0.1, 0.15) is 18.7 Å². The average Bonchev–Trinajstić information content (AvgIpc) is 2.81. The Kier molecular flexibility index (Phi) is 9.24. The molecule has 0 spiro atoms. The summed E-state index contributed by atoms with van der Waals surface area (Å²) in [4.78, 5) is 40.7. The fourth-order valence-corrected chi connectivity index (χ4v) is 2.60. The van der Waals surface area contributed by atoms with Crippen LogP contribution in [-0.4, -0.2) is 61.0 Å². The third-order valence-corrected chi connectivity index (χ3v) is 4.25. The number of nitrogens with zero attached hydrogens (tertiary/aromatic N) is 1. The Morgan fingerprint density at radius 3 is 2.32 bits per heavy atom. The summed E-state index contributed by atoms with van der Waals surface area (Å²) < 4.78 is 14.8. The van der Waals surface area contributed by atoms with Gasteiger partial charge >= 0.3 is 12.1 Å². The molecule has 10 heteroatoms. The molecule has 1 aromatic carbocycles. The van der Waals surface area contributed by atoms with Gasteiger partial charge in [0.2, 0.25) is 11.8 Å². The van der Waals surface area contributed by atoms with Gasteiger partial charge < -0.3 is 30.0 Å². The van der Waals surface area contributed by atoms with Crippen LogP contribution in [0.1, 0.15) is 11.1 Å². The molecular weight excluding hydrogens is 406 g/mol. The molecule has 2 atom stereocenters. The third kappa shape index (κ3) is 7.59. The van der Waals surface area contributed by atoms with Gasteiger partial charge in [-0.1, -0.05) is 36.4 Å². The van der Waals surface area contributed by atoms with Crippen molar-refractivity contribution in [2.24, 2.45) is 0 Å². The summed E-state index contributed by atoms with van der Waals surface area (Å²) in [7, 11) is 2.67. The summed E-state index contributed by atoms with van der Waals surface area (Å²) in [6.07, 6.45) is 0.711. The number of carbonyl (C=O) groups is 3. The zero-order valence-electron chi connectivity index (χ0n) is 17.2. The van der Waals surface area contributed by atoms with E-state index in [1.54, 1.807) is 36.4 Å². The summed E-state index contributed by atoms with van der Waals surface area (Å²) >= 11 is 0. The molecule has 0 bridgehead atoms. The van der Waals surface area contributed by atoms with E-state index in [4.69, 9.17) is 14.2 Å². The zero-order valence-corrected chi connectivity index (χ0v) is 17.2. The van der Waals surface area contributed by atoms with Crippen LogP contribution in [0.25, 0.3) is 0 Å². The van der Waals surface area contributed by atoms with Gasteiger partial charge in [0, 0.05) is 18.7 Å². The zero-order chi connectivity index (χ0) is 22.6. The second kappa shape index (κ2) is 12.1. The lowest BCUT2D eigenvalue weighted by atomic mass is 10.1. The summed E-state index contributed by atoms with van der Waals surface area (Å²) in [6.45, 7) is -0.689. The van der Waals surface area contributed by atoms with Gasteiger partial charge in [-0.15, -0.1) is 0 Å². The van der Waals surface area contributed by atoms with E-state index in [1.165, 1.54) is 20.4 Å². The lowest BCUT2D eigenvalue weighted by Crippen LogP contribution is -2.54. The van der Waals surface area contributed by atoms with Gasteiger partial charge in [-0.25, -0.2) is 14.6 Å². The van der Waals surface area contributed by atoms with Gasteiger partial charge in [-0.2, -0.15) is 0 Å².